The van der Waals surface area contributed by atoms with Crippen LogP contribution >= 0.6 is 0 Å². The molecule has 0 unspecified atom stereocenters. The Labute approximate surface area is 109 Å². The molecule has 1 aromatic carbocycles. The summed E-state index contributed by atoms with van der Waals surface area (Å²) >= 11 is 0. The highest BCUT2D eigenvalue weighted by Gasteiger charge is 2.18. The van der Waals surface area contributed by atoms with E-state index in [1.165, 1.54) is 6.07 Å². The first kappa shape index (κ1) is 14.4. The van der Waals surface area contributed by atoms with Gasteiger partial charge in [-0.3, -0.25) is 14.9 Å². The van der Waals surface area contributed by atoms with Gasteiger partial charge in [-0.2, -0.15) is 4.99 Å². The van der Waals surface area contributed by atoms with E-state index >= 15 is 0 Å². The van der Waals surface area contributed by atoms with E-state index in [0.717, 1.165) is 0 Å². The molecule has 0 saturated carbocycles. The number of rotatable bonds is 3. The number of hydrogen-bond donors (Lipinski definition) is 2. The SMILES string of the molecule is C/C=C\c1cc(C)c(C(=O)N=C(N)N)cc1[N+](=O)[O-]. The molecule has 100 valence electrons. The van der Waals surface area contributed by atoms with Crippen molar-refractivity contribution in [3.05, 3.63) is 45.0 Å². The van der Waals surface area contributed by atoms with Crippen molar-refractivity contribution in [2.75, 3.05) is 0 Å². The molecule has 4 N–H and O–H groups in total. The van der Waals surface area contributed by atoms with Crippen LogP contribution in [0.5, 0.6) is 0 Å². The molecule has 1 aromatic rings. The monoisotopic (exact) mass is 262 g/mol. The Balaban J connectivity index is 3.44. The summed E-state index contributed by atoms with van der Waals surface area (Å²) in [6.07, 6.45) is 3.28. The number of aliphatic imine (C=N–C) groups is 1. The summed E-state index contributed by atoms with van der Waals surface area (Å²) in [5, 5.41) is 11.0. The summed E-state index contributed by atoms with van der Waals surface area (Å²) < 4.78 is 0. The number of hydrogen-bond acceptors (Lipinski definition) is 3. The van der Waals surface area contributed by atoms with Crippen LogP contribution in [-0.2, 0) is 0 Å². The summed E-state index contributed by atoms with van der Waals surface area (Å²) in [6, 6.07) is 2.73. The number of nitrogens with two attached hydrogens (primary N) is 2. The molecule has 0 fully saturated rings. The van der Waals surface area contributed by atoms with E-state index in [1.807, 2.05) is 0 Å². The zero-order valence-corrected chi connectivity index (χ0v) is 10.6. The van der Waals surface area contributed by atoms with E-state index < -0.39 is 10.8 Å². The van der Waals surface area contributed by atoms with E-state index in [0.29, 0.717) is 11.1 Å². The highest BCUT2D eigenvalue weighted by atomic mass is 16.6. The molecular weight excluding hydrogens is 248 g/mol. The number of allylic oxidation sites excluding steroid dienone is 1. The van der Waals surface area contributed by atoms with Crippen molar-refractivity contribution in [2.24, 2.45) is 16.5 Å². The van der Waals surface area contributed by atoms with Gasteiger partial charge in [0.05, 0.1) is 16.1 Å². The van der Waals surface area contributed by atoms with Crippen molar-refractivity contribution < 1.29 is 9.72 Å². The molecule has 0 aliphatic carbocycles. The lowest BCUT2D eigenvalue weighted by Gasteiger charge is -2.05. The first-order valence-corrected chi connectivity index (χ1v) is 5.42. The predicted octanol–water partition coefficient (Wildman–Crippen LogP) is 1.35. The highest BCUT2D eigenvalue weighted by Crippen LogP contribution is 2.25. The van der Waals surface area contributed by atoms with Crippen molar-refractivity contribution in [3.8, 4) is 0 Å². The quantitative estimate of drug-likeness (QED) is 0.368. The van der Waals surface area contributed by atoms with Crippen LogP contribution in [0.4, 0.5) is 5.69 Å². The average Bonchev–Trinajstić information content (AvgIpc) is 2.27. The Bertz CT molecular complexity index is 587. The second-order valence-electron chi connectivity index (χ2n) is 3.82. The molecule has 0 aliphatic rings. The van der Waals surface area contributed by atoms with Crippen molar-refractivity contribution in [1.29, 1.82) is 0 Å². The van der Waals surface area contributed by atoms with Gasteiger partial charge in [0.2, 0.25) is 0 Å². The number of nitro benzene ring substituents is 1. The van der Waals surface area contributed by atoms with Crippen LogP contribution in [0.3, 0.4) is 0 Å². The number of amides is 1. The van der Waals surface area contributed by atoms with Gasteiger partial charge in [0, 0.05) is 6.07 Å². The maximum atomic E-state index is 11.7. The Kier molecular flexibility index (Phi) is 4.36. The normalized spacial score (nSPS) is 10.4. The molecule has 1 rings (SSSR count). The number of benzene rings is 1. The molecule has 0 atom stereocenters. The summed E-state index contributed by atoms with van der Waals surface area (Å²) in [7, 11) is 0. The van der Waals surface area contributed by atoms with Crippen molar-refractivity contribution in [1.82, 2.24) is 0 Å². The Morgan fingerprint density at radius 3 is 2.53 bits per heavy atom. The first-order chi connectivity index (χ1) is 8.86. The maximum absolute atomic E-state index is 11.7. The highest BCUT2D eigenvalue weighted by molar-refractivity contribution is 6.03. The largest absolute Gasteiger partial charge is 0.370 e. The summed E-state index contributed by atoms with van der Waals surface area (Å²) in [5.74, 6) is -1.09. The lowest BCUT2D eigenvalue weighted by atomic mass is 10.0. The molecule has 0 aliphatic heterocycles. The lowest BCUT2D eigenvalue weighted by molar-refractivity contribution is -0.385. The molecule has 0 spiro atoms. The fourth-order valence-electron chi connectivity index (χ4n) is 1.60. The third-order valence-electron chi connectivity index (χ3n) is 2.38. The van der Waals surface area contributed by atoms with Crippen LogP contribution in [0.1, 0.15) is 28.4 Å². The van der Waals surface area contributed by atoms with Gasteiger partial charge in [-0.05, 0) is 25.5 Å². The van der Waals surface area contributed by atoms with Crippen LogP contribution in [0, 0.1) is 17.0 Å². The molecule has 19 heavy (non-hydrogen) atoms. The number of guanidine groups is 1. The summed E-state index contributed by atoms with van der Waals surface area (Å²) in [5.41, 5.74) is 11.2. The predicted molar refractivity (Wildman–Crippen MR) is 72.7 cm³/mol. The minimum absolute atomic E-state index is 0.105. The molecule has 7 nitrogen and oxygen atoms in total. The Morgan fingerprint density at radius 1 is 1.42 bits per heavy atom. The summed E-state index contributed by atoms with van der Waals surface area (Å²) in [6.45, 7) is 3.41. The molecule has 1 amide bonds. The van der Waals surface area contributed by atoms with Gasteiger partial charge in [-0.25, -0.2) is 0 Å². The molecule has 7 heteroatoms. The van der Waals surface area contributed by atoms with Crippen LogP contribution in [0.2, 0.25) is 0 Å². The van der Waals surface area contributed by atoms with Gasteiger partial charge in [0.25, 0.3) is 11.6 Å². The van der Waals surface area contributed by atoms with Gasteiger partial charge in [0.15, 0.2) is 5.96 Å². The van der Waals surface area contributed by atoms with E-state index in [4.69, 9.17) is 11.5 Å². The van der Waals surface area contributed by atoms with Gasteiger partial charge in [-0.15, -0.1) is 0 Å². The standard InChI is InChI=1S/C12H14N4O3/c1-3-4-8-5-7(2)9(6-10(8)16(18)19)11(17)15-12(13)14/h3-6H,1-2H3,(H4,13,14,15,17)/b4-3-. The lowest BCUT2D eigenvalue weighted by Crippen LogP contribution is -2.24. The molecule has 0 bridgehead atoms. The van der Waals surface area contributed by atoms with Crippen LogP contribution in [0.15, 0.2) is 23.2 Å². The topological polar surface area (TPSA) is 125 Å². The zero-order valence-electron chi connectivity index (χ0n) is 10.6. The fraction of sp³-hybridized carbons (Fsp3) is 0.167. The third kappa shape index (κ3) is 3.38. The minimum atomic E-state index is -0.701. The van der Waals surface area contributed by atoms with E-state index in [-0.39, 0.29) is 17.2 Å². The second kappa shape index (κ2) is 5.76. The number of aryl methyl sites for hydroxylation is 1. The van der Waals surface area contributed by atoms with Gasteiger partial charge in [0.1, 0.15) is 0 Å². The molecule has 0 heterocycles. The number of nitrogens with zero attached hydrogens (tertiary/aromatic N) is 2. The molecule has 0 aromatic heterocycles. The molecule has 0 saturated heterocycles. The molecular formula is C12H14N4O3. The van der Waals surface area contributed by atoms with E-state index in [9.17, 15) is 14.9 Å². The average molecular weight is 262 g/mol. The summed E-state index contributed by atoms with van der Waals surface area (Å²) in [4.78, 5) is 25.5. The number of carbonyl (C=O) groups is 1. The van der Waals surface area contributed by atoms with Crippen molar-refractivity contribution >= 4 is 23.6 Å². The maximum Gasteiger partial charge on any atom is 0.280 e. The third-order valence-corrected chi connectivity index (χ3v) is 2.38. The van der Waals surface area contributed by atoms with E-state index in [1.54, 1.807) is 32.1 Å². The van der Waals surface area contributed by atoms with Crippen LogP contribution < -0.4 is 11.5 Å². The van der Waals surface area contributed by atoms with E-state index in [2.05, 4.69) is 4.99 Å². The van der Waals surface area contributed by atoms with Crippen molar-refractivity contribution in [3.63, 3.8) is 0 Å². The Hall–Kier alpha value is -2.70. The number of nitro groups is 1. The minimum Gasteiger partial charge on any atom is -0.370 e. The van der Waals surface area contributed by atoms with Crippen molar-refractivity contribution in [2.45, 2.75) is 13.8 Å². The fourth-order valence-corrected chi connectivity index (χ4v) is 1.60. The Morgan fingerprint density at radius 2 is 2.05 bits per heavy atom. The van der Waals surface area contributed by atoms with Gasteiger partial charge >= 0.3 is 0 Å². The zero-order chi connectivity index (χ0) is 14.6. The van der Waals surface area contributed by atoms with Gasteiger partial charge < -0.3 is 11.5 Å². The van der Waals surface area contributed by atoms with Gasteiger partial charge in [-0.1, -0.05) is 12.2 Å². The van der Waals surface area contributed by atoms with Crippen LogP contribution in [0.25, 0.3) is 6.08 Å². The second-order valence-corrected chi connectivity index (χ2v) is 3.82. The smallest absolute Gasteiger partial charge is 0.280 e. The van der Waals surface area contributed by atoms with Crippen LogP contribution in [-0.4, -0.2) is 16.8 Å². The molecule has 0 radical (unpaired) electrons. The first-order valence-electron chi connectivity index (χ1n) is 5.42. The number of carbonyl (C=O) groups excluding carboxylic acids is 1.